The molecule has 0 radical (unpaired) electrons. The Morgan fingerprint density at radius 1 is 0.773 bits per heavy atom. The molecule has 0 aliphatic rings. The number of benzene rings is 2. The van der Waals surface area contributed by atoms with Crippen LogP contribution in [0, 0.1) is 0 Å². The van der Waals surface area contributed by atoms with Crippen molar-refractivity contribution in [3.63, 3.8) is 0 Å². The van der Waals surface area contributed by atoms with Gasteiger partial charge in [0.15, 0.2) is 0 Å². The second kappa shape index (κ2) is 7.53. The highest BCUT2D eigenvalue weighted by atomic mass is 35.5. The average molecular weight is 343 g/mol. The Morgan fingerprint density at radius 3 is 1.32 bits per heavy atom. The summed E-state index contributed by atoms with van der Waals surface area (Å²) in [5.74, 6) is -2.09. The monoisotopic (exact) mass is 342 g/mol. The molecule has 0 amide bonds. The van der Waals surface area contributed by atoms with Gasteiger partial charge in [0.2, 0.25) is 0 Å². The Balaban J connectivity index is 0.000000220. The smallest absolute Gasteiger partial charge is 0.337 e. The molecule has 2 aromatic carbocycles. The standard InChI is InChI=1S/2C7H6ClNO2/c2*8-6-3-4(9)1-2-5(6)7(10)11/h2*1-3H,9H2,(H,10,11). The summed E-state index contributed by atoms with van der Waals surface area (Å²) in [4.78, 5) is 20.8. The van der Waals surface area contributed by atoms with Gasteiger partial charge in [-0.1, -0.05) is 23.2 Å². The first-order valence-corrected chi connectivity index (χ1v) is 6.54. The van der Waals surface area contributed by atoms with E-state index in [2.05, 4.69) is 0 Å². The number of halogens is 2. The van der Waals surface area contributed by atoms with Gasteiger partial charge in [-0.2, -0.15) is 0 Å². The van der Waals surface area contributed by atoms with Crippen molar-refractivity contribution in [3.8, 4) is 0 Å². The van der Waals surface area contributed by atoms with Crippen LogP contribution in [0.1, 0.15) is 20.7 Å². The minimum atomic E-state index is -1.05. The number of hydrogen-bond donors (Lipinski definition) is 4. The number of nitrogen functional groups attached to an aromatic ring is 2. The molecule has 0 saturated heterocycles. The Kier molecular flexibility index (Phi) is 6.03. The molecular formula is C14H12Cl2N2O4. The summed E-state index contributed by atoms with van der Waals surface area (Å²) in [6, 6.07) is 8.56. The maximum absolute atomic E-state index is 10.4. The molecule has 0 heterocycles. The Hall–Kier alpha value is -2.44. The number of nitrogens with two attached hydrogens (primary N) is 2. The van der Waals surface area contributed by atoms with E-state index in [-0.39, 0.29) is 21.2 Å². The van der Waals surface area contributed by atoms with Gasteiger partial charge in [0, 0.05) is 11.4 Å². The molecular weight excluding hydrogens is 331 g/mol. The fraction of sp³-hybridized carbons (Fsp3) is 0. The van der Waals surface area contributed by atoms with Crippen LogP contribution in [0.25, 0.3) is 0 Å². The normalized spacial score (nSPS) is 9.55. The van der Waals surface area contributed by atoms with Crippen molar-refractivity contribution in [2.75, 3.05) is 11.5 Å². The highest BCUT2D eigenvalue weighted by molar-refractivity contribution is 6.34. The summed E-state index contributed by atoms with van der Waals surface area (Å²) in [6.45, 7) is 0. The van der Waals surface area contributed by atoms with Crippen LogP contribution in [-0.4, -0.2) is 22.2 Å². The lowest BCUT2D eigenvalue weighted by molar-refractivity contribution is 0.0686. The van der Waals surface area contributed by atoms with Gasteiger partial charge in [-0.25, -0.2) is 9.59 Å². The first-order valence-electron chi connectivity index (χ1n) is 5.79. The summed E-state index contributed by atoms with van der Waals surface area (Å²) in [5.41, 5.74) is 11.8. The third-order valence-corrected chi connectivity index (χ3v) is 3.07. The van der Waals surface area contributed by atoms with Crippen molar-refractivity contribution in [1.29, 1.82) is 0 Å². The predicted molar refractivity (Wildman–Crippen MR) is 85.6 cm³/mol. The molecule has 2 aromatic rings. The van der Waals surface area contributed by atoms with Crippen molar-refractivity contribution in [2.45, 2.75) is 0 Å². The number of carboxylic acids is 2. The maximum atomic E-state index is 10.4. The summed E-state index contributed by atoms with van der Waals surface area (Å²) >= 11 is 11.1. The topological polar surface area (TPSA) is 127 Å². The third kappa shape index (κ3) is 4.83. The van der Waals surface area contributed by atoms with Crippen LogP contribution in [-0.2, 0) is 0 Å². The Morgan fingerprint density at radius 2 is 1.09 bits per heavy atom. The second-order valence-corrected chi connectivity index (χ2v) is 4.90. The van der Waals surface area contributed by atoms with Gasteiger partial charge in [0.05, 0.1) is 21.2 Å². The maximum Gasteiger partial charge on any atom is 0.337 e. The van der Waals surface area contributed by atoms with Crippen molar-refractivity contribution in [3.05, 3.63) is 57.6 Å². The minimum absolute atomic E-state index is 0.0702. The number of carbonyl (C=O) groups is 2. The fourth-order valence-corrected chi connectivity index (χ4v) is 1.95. The average Bonchev–Trinajstić information content (AvgIpc) is 2.38. The van der Waals surface area contributed by atoms with E-state index in [1.54, 1.807) is 0 Å². The highest BCUT2D eigenvalue weighted by Crippen LogP contribution is 2.19. The van der Waals surface area contributed by atoms with Crippen LogP contribution in [0.15, 0.2) is 36.4 Å². The van der Waals surface area contributed by atoms with E-state index in [1.165, 1.54) is 36.4 Å². The first-order chi connectivity index (χ1) is 10.2. The van der Waals surface area contributed by atoms with E-state index in [1.807, 2.05) is 0 Å². The molecule has 2 rings (SSSR count). The van der Waals surface area contributed by atoms with Gasteiger partial charge in [-0.05, 0) is 36.4 Å². The molecule has 116 valence electrons. The van der Waals surface area contributed by atoms with Gasteiger partial charge >= 0.3 is 11.9 Å². The zero-order valence-electron chi connectivity index (χ0n) is 11.1. The van der Waals surface area contributed by atoms with Crippen molar-refractivity contribution in [1.82, 2.24) is 0 Å². The molecule has 0 aliphatic carbocycles. The molecule has 0 aromatic heterocycles. The predicted octanol–water partition coefficient (Wildman–Crippen LogP) is 3.24. The summed E-state index contributed by atoms with van der Waals surface area (Å²) < 4.78 is 0. The second-order valence-electron chi connectivity index (χ2n) is 4.09. The number of aromatic carboxylic acids is 2. The molecule has 0 atom stereocenters. The molecule has 0 saturated carbocycles. The zero-order chi connectivity index (χ0) is 16.9. The van der Waals surface area contributed by atoms with Crippen LogP contribution >= 0.6 is 23.2 Å². The lowest BCUT2D eigenvalue weighted by atomic mass is 10.2. The van der Waals surface area contributed by atoms with Crippen molar-refractivity contribution in [2.24, 2.45) is 0 Å². The molecule has 6 N–H and O–H groups in total. The van der Waals surface area contributed by atoms with E-state index < -0.39 is 11.9 Å². The zero-order valence-corrected chi connectivity index (χ0v) is 12.6. The lowest BCUT2D eigenvalue weighted by Gasteiger charge is -1.98. The lowest BCUT2D eigenvalue weighted by Crippen LogP contribution is -1.97. The molecule has 6 nitrogen and oxygen atoms in total. The van der Waals surface area contributed by atoms with Crippen LogP contribution in [0.5, 0.6) is 0 Å². The SMILES string of the molecule is Nc1ccc(C(=O)O)c(Cl)c1.Nc1ccc(C(=O)O)c(Cl)c1. The number of hydrogen-bond acceptors (Lipinski definition) is 4. The molecule has 0 aliphatic heterocycles. The van der Waals surface area contributed by atoms with Crippen molar-refractivity contribution >= 4 is 46.5 Å². The molecule has 0 spiro atoms. The van der Waals surface area contributed by atoms with Gasteiger partial charge in [-0.15, -0.1) is 0 Å². The summed E-state index contributed by atoms with van der Waals surface area (Å²) in [7, 11) is 0. The first kappa shape index (κ1) is 17.6. The molecule has 0 bridgehead atoms. The van der Waals surface area contributed by atoms with Crippen LogP contribution in [0.3, 0.4) is 0 Å². The van der Waals surface area contributed by atoms with Crippen LogP contribution in [0.2, 0.25) is 10.0 Å². The molecule has 22 heavy (non-hydrogen) atoms. The minimum Gasteiger partial charge on any atom is -0.478 e. The van der Waals surface area contributed by atoms with Gasteiger partial charge in [0.25, 0.3) is 0 Å². The van der Waals surface area contributed by atoms with E-state index in [4.69, 9.17) is 44.9 Å². The number of carboxylic acid groups (broad SMARTS) is 2. The molecule has 8 heteroatoms. The summed E-state index contributed by atoms with van der Waals surface area (Å²) in [6.07, 6.45) is 0. The van der Waals surface area contributed by atoms with Crippen LogP contribution in [0.4, 0.5) is 11.4 Å². The largest absolute Gasteiger partial charge is 0.478 e. The quantitative estimate of drug-likeness (QED) is 0.620. The Labute approximate surface area is 135 Å². The van der Waals surface area contributed by atoms with Gasteiger partial charge in [-0.3, -0.25) is 0 Å². The highest BCUT2D eigenvalue weighted by Gasteiger charge is 2.07. The molecule has 0 unspecified atom stereocenters. The number of anilines is 2. The van der Waals surface area contributed by atoms with E-state index in [0.717, 1.165) is 0 Å². The Bertz CT molecular complexity index is 658. The third-order valence-electron chi connectivity index (χ3n) is 2.45. The number of rotatable bonds is 2. The van der Waals surface area contributed by atoms with Crippen LogP contribution < -0.4 is 11.5 Å². The summed E-state index contributed by atoms with van der Waals surface area (Å²) in [5, 5.41) is 17.4. The fourth-order valence-electron chi connectivity index (χ4n) is 1.41. The van der Waals surface area contributed by atoms with Crippen molar-refractivity contribution < 1.29 is 19.8 Å². The van der Waals surface area contributed by atoms with E-state index >= 15 is 0 Å². The van der Waals surface area contributed by atoms with E-state index in [0.29, 0.717) is 11.4 Å². The van der Waals surface area contributed by atoms with Gasteiger partial charge in [0.1, 0.15) is 0 Å². The van der Waals surface area contributed by atoms with Gasteiger partial charge < -0.3 is 21.7 Å². The molecule has 0 fully saturated rings. The van der Waals surface area contributed by atoms with E-state index in [9.17, 15) is 9.59 Å².